The first-order valence-electron chi connectivity index (χ1n) is 20.0. The lowest BCUT2D eigenvalue weighted by Gasteiger charge is -2.61. The Hall–Kier alpha value is -2.20. The molecule has 14 atom stereocenters. The number of rotatable bonds is 12. The van der Waals surface area contributed by atoms with E-state index in [-0.39, 0.29) is 18.1 Å². The molecule has 4 saturated carbocycles. The highest BCUT2D eigenvalue weighted by atomic mass is 16.7. The Morgan fingerprint density at radius 3 is 1.98 bits per heavy atom. The van der Waals surface area contributed by atoms with Crippen LogP contribution in [0, 0.1) is 52.3 Å². The Balaban J connectivity index is 1.29. The Bertz CT molecular complexity index is 1250. The van der Waals surface area contributed by atoms with Crippen molar-refractivity contribution in [3.63, 3.8) is 0 Å². The summed E-state index contributed by atoms with van der Waals surface area (Å²) in [6.45, 7) is 17.1. The first kappa shape index (κ1) is 40.0. The Morgan fingerprint density at radius 2 is 1.33 bits per heavy atom. The molecule has 1 aliphatic heterocycles. The van der Waals surface area contributed by atoms with Crippen molar-refractivity contribution in [2.45, 2.75) is 176 Å². The summed E-state index contributed by atoms with van der Waals surface area (Å²) < 4.78 is 35.1. The van der Waals surface area contributed by atoms with E-state index < -0.39 is 54.6 Å². The number of esters is 4. The minimum absolute atomic E-state index is 0.170. The van der Waals surface area contributed by atoms with Crippen LogP contribution in [0.4, 0.5) is 0 Å². The molecular formula is C41H66O10. The van der Waals surface area contributed by atoms with Crippen molar-refractivity contribution in [2.75, 3.05) is 6.61 Å². The Kier molecular flexibility index (Phi) is 12.9. The van der Waals surface area contributed by atoms with Gasteiger partial charge in [-0.25, -0.2) is 0 Å². The van der Waals surface area contributed by atoms with Crippen LogP contribution in [-0.2, 0) is 47.6 Å². The molecule has 10 nitrogen and oxygen atoms in total. The first-order chi connectivity index (χ1) is 24.0. The van der Waals surface area contributed by atoms with Gasteiger partial charge in [-0.3, -0.25) is 19.2 Å². The molecule has 10 heteroatoms. The average Bonchev–Trinajstić information content (AvgIpc) is 3.39. The summed E-state index contributed by atoms with van der Waals surface area (Å²) in [6.07, 6.45) is 8.77. The van der Waals surface area contributed by atoms with Crippen molar-refractivity contribution in [1.29, 1.82) is 0 Å². The Morgan fingerprint density at radius 1 is 0.706 bits per heavy atom. The largest absolute Gasteiger partial charge is 0.463 e. The number of hydrogen-bond acceptors (Lipinski definition) is 10. The number of carbonyl (C=O) groups excluding carboxylic acids is 4. The van der Waals surface area contributed by atoms with Gasteiger partial charge in [0.15, 0.2) is 24.6 Å². The highest BCUT2D eigenvalue weighted by Gasteiger charge is 2.61. The van der Waals surface area contributed by atoms with Crippen LogP contribution in [0.15, 0.2) is 0 Å². The van der Waals surface area contributed by atoms with E-state index in [1.807, 2.05) is 0 Å². The maximum Gasteiger partial charge on any atom is 0.303 e. The second-order valence-electron chi connectivity index (χ2n) is 17.8. The molecule has 0 bridgehead atoms. The molecule has 5 rings (SSSR count). The number of ether oxygens (including phenoxy) is 6. The van der Waals surface area contributed by atoms with Gasteiger partial charge in [0, 0.05) is 27.7 Å². The molecule has 0 unspecified atom stereocenters. The van der Waals surface area contributed by atoms with E-state index in [1.54, 1.807) is 0 Å². The number of fused-ring (bicyclic) bond motifs is 5. The summed E-state index contributed by atoms with van der Waals surface area (Å²) >= 11 is 0. The highest BCUT2D eigenvalue weighted by Crippen LogP contribution is 2.68. The number of carbonyl (C=O) groups is 4. The van der Waals surface area contributed by atoms with E-state index in [0.717, 1.165) is 54.8 Å². The van der Waals surface area contributed by atoms with Gasteiger partial charge in [-0.1, -0.05) is 53.9 Å². The zero-order valence-corrected chi connectivity index (χ0v) is 32.8. The Labute approximate surface area is 306 Å². The van der Waals surface area contributed by atoms with Crippen molar-refractivity contribution < 1.29 is 47.6 Å². The molecule has 0 radical (unpaired) electrons. The van der Waals surface area contributed by atoms with Gasteiger partial charge in [-0.05, 0) is 110 Å². The average molecular weight is 719 g/mol. The fourth-order valence-electron chi connectivity index (χ4n) is 11.9. The molecule has 0 aromatic rings. The summed E-state index contributed by atoms with van der Waals surface area (Å²) in [7, 11) is 0. The summed E-state index contributed by atoms with van der Waals surface area (Å²) in [4.78, 5) is 48.5. The zero-order chi connectivity index (χ0) is 37.2. The van der Waals surface area contributed by atoms with Gasteiger partial charge in [-0.15, -0.1) is 0 Å². The van der Waals surface area contributed by atoms with E-state index in [1.165, 1.54) is 85.5 Å². The maximum atomic E-state index is 12.3. The molecule has 5 aliphatic rings. The van der Waals surface area contributed by atoms with Crippen molar-refractivity contribution in [1.82, 2.24) is 0 Å². The van der Waals surface area contributed by atoms with Gasteiger partial charge < -0.3 is 28.4 Å². The fraction of sp³-hybridized carbons (Fsp3) is 0.902. The summed E-state index contributed by atoms with van der Waals surface area (Å²) in [5.41, 5.74) is 0.698. The molecule has 1 saturated heterocycles. The highest BCUT2D eigenvalue weighted by molar-refractivity contribution is 5.68. The van der Waals surface area contributed by atoms with Gasteiger partial charge in [0.2, 0.25) is 0 Å². The second-order valence-corrected chi connectivity index (χ2v) is 17.8. The van der Waals surface area contributed by atoms with Crippen LogP contribution in [0.5, 0.6) is 0 Å². The van der Waals surface area contributed by atoms with Gasteiger partial charge in [0.05, 0.1) is 6.10 Å². The third-order valence-corrected chi connectivity index (χ3v) is 14.1. The van der Waals surface area contributed by atoms with E-state index in [0.29, 0.717) is 11.3 Å². The van der Waals surface area contributed by atoms with Crippen LogP contribution >= 0.6 is 0 Å². The monoisotopic (exact) mass is 718 g/mol. The minimum Gasteiger partial charge on any atom is -0.463 e. The molecule has 0 N–H and O–H groups in total. The van der Waals surface area contributed by atoms with Gasteiger partial charge in [0.25, 0.3) is 0 Å². The normalized spacial score (nSPS) is 41.0. The topological polar surface area (TPSA) is 124 Å². The van der Waals surface area contributed by atoms with Crippen molar-refractivity contribution in [3.8, 4) is 0 Å². The molecule has 0 spiro atoms. The molecule has 1 heterocycles. The van der Waals surface area contributed by atoms with Crippen LogP contribution in [0.1, 0.15) is 139 Å². The van der Waals surface area contributed by atoms with Crippen LogP contribution in [0.25, 0.3) is 0 Å². The van der Waals surface area contributed by atoms with E-state index >= 15 is 0 Å². The predicted octanol–water partition coefficient (Wildman–Crippen LogP) is 7.58. The lowest BCUT2D eigenvalue weighted by molar-refractivity contribution is -0.321. The van der Waals surface area contributed by atoms with Crippen molar-refractivity contribution in [3.05, 3.63) is 0 Å². The number of hydrogen-bond donors (Lipinski definition) is 0. The third kappa shape index (κ3) is 8.79. The summed E-state index contributed by atoms with van der Waals surface area (Å²) in [5.74, 6) is 2.78. The smallest absolute Gasteiger partial charge is 0.303 e. The van der Waals surface area contributed by atoms with Gasteiger partial charge >= 0.3 is 23.9 Å². The van der Waals surface area contributed by atoms with Crippen LogP contribution in [0.2, 0.25) is 0 Å². The molecule has 5 fully saturated rings. The molecule has 290 valence electrons. The van der Waals surface area contributed by atoms with Gasteiger partial charge in [0.1, 0.15) is 12.7 Å². The SMILES string of the molecule is CC(=O)OC[C@@H]1O[C@H](O[C@@H]2CC[C@]3(C)[C@@H](CC[C@@H]4[C@@H]5CC[C@H]([C@@H](C)CCCC(C)C)[C@]5(C)CC[C@@H]43)C2)[C@H](OC(C)=O)[C@@H](OC(C)=O)[C@@H]1OC(C)=O. The van der Waals surface area contributed by atoms with E-state index in [4.69, 9.17) is 28.4 Å². The third-order valence-electron chi connectivity index (χ3n) is 14.1. The standard InChI is InChI=1S/C41H66O10/c1-23(2)11-10-12-24(3)32-15-16-33-31-14-13-29-21-30(17-19-40(29,8)34(31)18-20-41(32,33)9)50-39-38(49-28(7)45)37(48-27(6)44)36(47-26(5)43)35(51-39)22-46-25(4)42/h23-24,29-39H,10-22H2,1-9H3/t24-,29-,30+,31+,32+,33-,34-,35-,36+,37-,38+,39-,40+,41-/m0/s1. The molecule has 0 aromatic heterocycles. The molecule has 0 amide bonds. The van der Waals surface area contributed by atoms with Crippen LogP contribution < -0.4 is 0 Å². The molecular weight excluding hydrogens is 652 g/mol. The minimum atomic E-state index is -1.22. The molecule has 4 aliphatic carbocycles. The van der Waals surface area contributed by atoms with Gasteiger partial charge in [-0.2, -0.15) is 0 Å². The molecule has 51 heavy (non-hydrogen) atoms. The molecule has 0 aromatic carbocycles. The van der Waals surface area contributed by atoms with E-state index in [2.05, 4.69) is 34.6 Å². The van der Waals surface area contributed by atoms with Crippen LogP contribution in [-0.4, -0.2) is 67.3 Å². The predicted molar refractivity (Wildman–Crippen MR) is 190 cm³/mol. The summed E-state index contributed by atoms with van der Waals surface area (Å²) in [6, 6.07) is 0. The van der Waals surface area contributed by atoms with Crippen LogP contribution in [0.3, 0.4) is 0 Å². The van der Waals surface area contributed by atoms with Crippen molar-refractivity contribution in [2.24, 2.45) is 52.3 Å². The second kappa shape index (κ2) is 16.4. The lowest BCUT2D eigenvalue weighted by atomic mass is 9.44. The van der Waals surface area contributed by atoms with Crippen molar-refractivity contribution >= 4 is 23.9 Å². The zero-order valence-electron chi connectivity index (χ0n) is 32.8. The first-order valence-corrected chi connectivity index (χ1v) is 20.0. The fourth-order valence-corrected chi connectivity index (χ4v) is 11.9. The lowest BCUT2D eigenvalue weighted by Crippen LogP contribution is -2.63. The quantitative estimate of drug-likeness (QED) is 0.113. The van der Waals surface area contributed by atoms with E-state index in [9.17, 15) is 19.2 Å². The maximum absolute atomic E-state index is 12.3. The summed E-state index contributed by atoms with van der Waals surface area (Å²) in [5, 5.41) is 0.